The molecule has 3 heterocycles. The Labute approximate surface area is 192 Å². The van der Waals surface area contributed by atoms with Gasteiger partial charge in [0, 0.05) is 47.3 Å². The molecule has 0 spiro atoms. The number of pyridine rings is 3. The number of nitrogens with one attached hydrogen (secondary N) is 1. The van der Waals surface area contributed by atoms with E-state index in [-0.39, 0.29) is 5.82 Å². The Kier molecular flexibility index (Phi) is 5.53. The maximum atomic E-state index is 14.8. The maximum Gasteiger partial charge on any atom is 0.135 e. The molecule has 0 fully saturated rings. The molecular weight excluding hydrogens is 411 g/mol. The van der Waals surface area contributed by atoms with Crippen molar-refractivity contribution < 1.29 is 4.39 Å². The number of nitrogens with zero attached hydrogens (tertiary/aromatic N) is 3. The molecule has 0 aliphatic heterocycles. The molecule has 0 saturated heterocycles. The molecule has 4 nitrogen and oxygen atoms in total. The number of aromatic nitrogens is 3. The zero-order valence-corrected chi connectivity index (χ0v) is 18.5. The number of fused-ring (bicyclic) bond motifs is 1. The highest BCUT2D eigenvalue weighted by atomic mass is 19.1. The second-order valence-corrected chi connectivity index (χ2v) is 8.17. The van der Waals surface area contributed by atoms with Gasteiger partial charge in [-0.3, -0.25) is 9.97 Å². The number of benzene rings is 2. The Morgan fingerprint density at radius 2 is 1.70 bits per heavy atom. The Morgan fingerprint density at radius 1 is 0.818 bits per heavy atom. The van der Waals surface area contributed by atoms with Crippen molar-refractivity contribution in [3.8, 4) is 22.4 Å². The number of halogens is 1. The summed E-state index contributed by atoms with van der Waals surface area (Å²) >= 11 is 0. The summed E-state index contributed by atoms with van der Waals surface area (Å²) in [6.07, 6.45) is 5.39. The predicted molar refractivity (Wildman–Crippen MR) is 131 cm³/mol. The van der Waals surface area contributed by atoms with Gasteiger partial charge in [-0.25, -0.2) is 9.37 Å². The van der Waals surface area contributed by atoms with Gasteiger partial charge in [0.2, 0.25) is 0 Å². The summed E-state index contributed by atoms with van der Waals surface area (Å²) in [6.45, 7) is 4.43. The summed E-state index contributed by atoms with van der Waals surface area (Å²) in [7, 11) is 0. The molecule has 1 N–H and O–H groups in total. The number of hydrogen-bond acceptors (Lipinski definition) is 4. The third-order valence-electron chi connectivity index (χ3n) is 5.66. The lowest BCUT2D eigenvalue weighted by molar-refractivity contribution is 0.629. The Hall–Kier alpha value is -4.12. The van der Waals surface area contributed by atoms with E-state index in [1.54, 1.807) is 18.5 Å². The van der Waals surface area contributed by atoms with Crippen LogP contribution < -0.4 is 5.32 Å². The first kappa shape index (κ1) is 20.8. The van der Waals surface area contributed by atoms with E-state index in [1.807, 2.05) is 80.7 Å². The second-order valence-electron chi connectivity index (χ2n) is 8.17. The molecule has 0 radical (unpaired) electrons. The number of hydrogen-bond donors (Lipinski definition) is 1. The van der Waals surface area contributed by atoms with Gasteiger partial charge in [0.1, 0.15) is 11.6 Å². The van der Waals surface area contributed by atoms with Crippen molar-refractivity contribution in [2.24, 2.45) is 0 Å². The van der Waals surface area contributed by atoms with Gasteiger partial charge in [-0.2, -0.15) is 0 Å². The molecule has 5 rings (SSSR count). The number of anilines is 1. The van der Waals surface area contributed by atoms with Crippen molar-refractivity contribution in [1.82, 2.24) is 15.0 Å². The smallest absolute Gasteiger partial charge is 0.135 e. The molecule has 0 aliphatic carbocycles. The Bertz CT molecular complexity index is 1460. The molecule has 0 unspecified atom stereocenters. The summed E-state index contributed by atoms with van der Waals surface area (Å²) in [5.74, 6) is 0.491. The third kappa shape index (κ3) is 4.44. The SMILES string of the molecule is Cc1cccc(-c2ccc(CNc3nccc4cc(-c5ccnc(C)c5)ncc34)cc2F)c1. The quantitative estimate of drug-likeness (QED) is 0.333. The third-order valence-corrected chi connectivity index (χ3v) is 5.66. The lowest BCUT2D eigenvalue weighted by Gasteiger charge is -2.11. The zero-order valence-electron chi connectivity index (χ0n) is 18.5. The summed E-state index contributed by atoms with van der Waals surface area (Å²) in [6, 6.07) is 21.2. The van der Waals surface area contributed by atoms with Crippen molar-refractivity contribution >= 4 is 16.6 Å². The van der Waals surface area contributed by atoms with E-state index in [4.69, 9.17) is 0 Å². The van der Waals surface area contributed by atoms with Crippen LogP contribution in [-0.2, 0) is 6.54 Å². The number of rotatable bonds is 5. The van der Waals surface area contributed by atoms with Crippen LogP contribution >= 0.6 is 0 Å². The number of aryl methyl sites for hydroxylation is 2. The van der Waals surface area contributed by atoms with Crippen LogP contribution in [0.15, 0.2) is 85.3 Å². The monoisotopic (exact) mass is 434 g/mol. The zero-order chi connectivity index (χ0) is 22.8. The van der Waals surface area contributed by atoms with Gasteiger partial charge in [-0.05, 0) is 60.7 Å². The van der Waals surface area contributed by atoms with Crippen molar-refractivity contribution in [2.45, 2.75) is 20.4 Å². The first-order valence-electron chi connectivity index (χ1n) is 10.8. The standard InChI is InChI=1S/C28H23FN4/c1-18-4-3-5-21(12-18)24-7-6-20(14-26(24)29)16-33-28-25-17-32-27(15-22(25)8-11-31-28)23-9-10-30-19(2)13-23/h3-15,17H,16H2,1-2H3,(H,31,33). The highest BCUT2D eigenvalue weighted by molar-refractivity contribution is 5.93. The van der Waals surface area contributed by atoms with Gasteiger partial charge in [0.25, 0.3) is 0 Å². The first-order valence-corrected chi connectivity index (χ1v) is 10.8. The van der Waals surface area contributed by atoms with Crippen LogP contribution in [0.4, 0.5) is 10.2 Å². The van der Waals surface area contributed by atoms with Crippen LogP contribution in [0, 0.1) is 19.7 Å². The Morgan fingerprint density at radius 3 is 2.52 bits per heavy atom. The minimum Gasteiger partial charge on any atom is -0.365 e. The van der Waals surface area contributed by atoms with Crippen molar-refractivity contribution in [2.75, 3.05) is 5.32 Å². The minimum atomic E-state index is -0.232. The maximum absolute atomic E-state index is 14.8. The molecule has 0 bridgehead atoms. The minimum absolute atomic E-state index is 0.232. The highest BCUT2D eigenvalue weighted by Gasteiger charge is 2.09. The van der Waals surface area contributed by atoms with E-state index in [0.29, 0.717) is 12.1 Å². The molecule has 5 heteroatoms. The molecule has 0 aliphatic rings. The molecule has 5 aromatic rings. The molecule has 0 saturated carbocycles. The van der Waals surface area contributed by atoms with E-state index in [1.165, 1.54) is 0 Å². The fourth-order valence-electron chi connectivity index (χ4n) is 3.97. The first-order chi connectivity index (χ1) is 16.1. The molecule has 162 valence electrons. The van der Waals surface area contributed by atoms with E-state index in [2.05, 4.69) is 20.3 Å². The second kappa shape index (κ2) is 8.79. The largest absolute Gasteiger partial charge is 0.365 e. The normalized spacial score (nSPS) is 11.0. The van der Waals surface area contributed by atoms with Gasteiger partial charge < -0.3 is 5.32 Å². The lowest BCUT2D eigenvalue weighted by Crippen LogP contribution is -2.03. The summed E-state index contributed by atoms with van der Waals surface area (Å²) in [5.41, 5.74) is 6.31. The van der Waals surface area contributed by atoms with Crippen molar-refractivity contribution in [3.05, 3.63) is 108 Å². The van der Waals surface area contributed by atoms with E-state index >= 15 is 0 Å². The van der Waals surface area contributed by atoms with Crippen LogP contribution in [-0.4, -0.2) is 15.0 Å². The van der Waals surface area contributed by atoms with E-state index in [0.717, 1.165) is 50.2 Å². The average Bonchev–Trinajstić information content (AvgIpc) is 2.82. The van der Waals surface area contributed by atoms with Gasteiger partial charge in [0.05, 0.1) is 5.69 Å². The summed E-state index contributed by atoms with van der Waals surface area (Å²) in [4.78, 5) is 13.4. The van der Waals surface area contributed by atoms with Gasteiger partial charge >= 0.3 is 0 Å². The molecule has 0 atom stereocenters. The fraction of sp³-hybridized carbons (Fsp3) is 0.107. The highest BCUT2D eigenvalue weighted by Crippen LogP contribution is 2.27. The predicted octanol–water partition coefficient (Wildman–Crippen LogP) is 6.73. The molecule has 33 heavy (non-hydrogen) atoms. The molecule has 2 aromatic carbocycles. The summed E-state index contributed by atoms with van der Waals surface area (Å²) < 4.78 is 14.8. The summed E-state index contributed by atoms with van der Waals surface area (Å²) in [5, 5.41) is 5.30. The Balaban J connectivity index is 1.38. The van der Waals surface area contributed by atoms with Crippen LogP contribution in [0.2, 0.25) is 0 Å². The van der Waals surface area contributed by atoms with E-state index < -0.39 is 0 Å². The van der Waals surface area contributed by atoms with Crippen LogP contribution in [0.1, 0.15) is 16.8 Å². The average molecular weight is 435 g/mol. The van der Waals surface area contributed by atoms with Gasteiger partial charge in [-0.15, -0.1) is 0 Å². The fourth-order valence-corrected chi connectivity index (χ4v) is 3.97. The van der Waals surface area contributed by atoms with Crippen LogP contribution in [0.3, 0.4) is 0 Å². The van der Waals surface area contributed by atoms with Crippen LogP contribution in [0.5, 0.6) is 0 Å². The van der Waals surface area contributed by atoms with Crippen molar-refractivity contribution in [3.63, 3.8) is 0 Å². The topological polar surface area (TPSA) is 50.7 Å². The van der Waals surface area contributed by atoms with Crippen LogP contribution in [0.25, 0.3) is 33.2 Å². The van der Waals surface area contributed by atoms with Gasteiger partial charge in [0.15, 0.2) is 0 Å². The van der Waals surface area contributed by atoms with Gasteiger partial charge in [-0.1, -0.05) is 42.0 Å². The molecule has 0 amide bonds. The lowest BCUT2D eigenvalue weighted by atomic mass is 10.0. The molecular formula is C28H23FN4. The van der Waals surface area contributed by atoms with E-state index in [9.17, 15) is 4.39 Å². The van der Waals surface area contributed by atoms with Crippen molar-refractivity contribution in [1.29, 1.82) is 0 Å². The molecule has 3 aromatic heterocycles.